The molecule has 0 radical (unpaired) electrons. The van der Waals surface area contributed by atoms with Crippen LogP contribution >= 0.6 is 0 Å². The minimum atomic E-state index is -0.939. The van der Waals surface area contributed by atoms with Crippen molar-refractivity contribution in [2.45, 2.75) is 70.4 Å². The van der Waals surface area contributed by atoms with E-state index in [0.29, 0.717) is 18.6 Å². The van der Waals surface area contributed by atoms with E-state index >= 15 is 0 Å². The van der Waals surface area contributed by atoms with E-state index in [-0.39, 0.29) is 18.4 Å². The Kier molecular flexibility index (Phi) is 6.55. The van der Waals surface area contributed by atoms with Gasteiger partial charge in [0, 0.05) is 5.92 Å². The van der Waals surface area contributed by atoms with E-state index in [1.807, 2.05) is 38.1 Å². The first-order chi connectivity index (χ1) is 17.5. The van der Waals surface area contributed by atoms with Crippen molar-refractivity contribution >= 4 is 29.6 Å². The quantitative estimate of drug-likeness (QED) is 0.528. The molecule has 2 unspecified atom stereocenters. The molecule has 5 rings (SSSR count). The summed E-state index contributed by atoms with van der Waals surface area (Å²) in [4.78, 5) is 40.9. The number of urea groups is 1. The highest BCUT2D eigenvalue weighted by Crippen LogP contribution is 2.44. The summed E-state index contributed by atoms with van der Waals surface area (Å²) < 4.78 is 11.2. The highest BCUT2D eigenvalue weighted by atomic mass is 16.3. The van der Waals surface area contributed by atoms with Crippen molar-refractivity contribution in [3.63, 3.8) is 0 Å². The van der Waals surface area contributed by atoms with Gasteiger partial charge in [-0.25, -0.2) is 9.80 Å². The van der Waals surface area contributed by atoms with Crippen molar-refractivity contribution in [1.29, 1.82) is 0 Å². The SMILES string of the molecule is CCCC1(CCC)NC(=O)N(CC(=O)N2N=C3/C(=C\c4ccco4)CCCC3C2c2ccco2)C1=O. The number of hydrogen-bond acceptors (Lipinski definition) is 6. The van der Waals surface area contributed by atoms with Crippen LogP contribution in [0, 0.1) is 5.92 Å². The Balaban J connectivity index is 1.44. The van der Waals surface area contributed by atoms with Gasteiger partial charge in [-0.1, -0.05) is 26.7 Å². The maximum Gasteiger partial charge on any atom is 0.325 e. The molecule has 2 aromatic heterocycles. The summed E-state index contributed by atoms with van der Waals surface area (Å²) in [5.74, 6) is 0.576. The normalized spacial score (nSPS) is 24.3. The van der Waals surface area contributed by atoms with Gasteiger partial charge in [0.25, 0.3) is 11.8 Å². The van der Waals surface area contributed by atoms with Gasteiger partial charge in [0.1, 0.15) is 29.6 Å². The second-order valence-electron chi connectivity index (χ2n) is 9.77. The maximum absolute atomic E-state index is 13.7. The third-order valence-corrected chi connectivity index (χ3v) is 7.34. The Morgan fingerprint density at radius 2 is 1.92 bits per heavy atom. The smallest absolute Gasteiger partial charge is 0.325 e. The summed E-state index contributed by atoms with van der Waals surface area (Å²) in [5.41, 5.74) is 0.911. The van der Waals surface area contributed by atoms with Crippen LogP contribution in [0.25, 0.3) is 6.08 Å². The molecule has 3 aliphatic rings. The lowest BCUT2D eigenvalue weighted by atomic mass is 9.79. The Bertz CT molecular complexity index is 1170. The Hall–Kier alpha value is -3.62. The molecule has 190 valence electrons. The average Bonchev–Trinajstić information content (AvgIpc) is 3.65. The Labute approximate surface area is 210 Å². The average molecular weight is 493 g/mol. The number of allylic oxidation sites excluding steroid dienone is 1. The third kappa shape index (κ3) is 4.16. The predicted octanol–water partition coefficient (Wildman–Crippen LogP) is 4.89. The number of hydrazone groups is 1. The van der Waals surface area contributed by atoms with Crippen LogP contribution in [0.2, 0.25) is 0 Å². The first-order valence-corrected chi connectivity index (χ1v) is 12.8. The molecule has 4 amide bonds. The zero-order valence-electron chi connectivity index (χ0n) is 20.7. The number of nitrogens with one attached hydrogen (secondary N) is 1. The minimum absolute atomic E-state index is 0.0440. The summed E-state index contributed by atoms with van der Waals surface area (Å²) in [6, 6.07) is 6.40. The van der Waals surface area contributed by atoms with Gasteiger partial charge in [0.05, 0.1) is 18.2 Å². The van der Waals surface area contributed by atoms with Gasteiger partial charge >= 0.3 is 6.03 Å². The van der Waals surface area contributed by atoms with Crippen LogP contribution < -0.4 is 5.32 Å². The Morgan fingerprint density at radius 1 is 1.17 bits per heavy atom. The van der Waals surface area contributed by atoms with Gasteiger partial charge in [0.15, 0.2) is 0 Å². The lowest BCUT2D eigenvalue weighted by Gasteiger charge is -2.28. The molecule has 2 aromatic rings. The topological polar surface area (TPSA) is 108 Å². The molecule has 0 aromatic carbocycles. The largest absolute Gasteiger partial charge is 0.467 e. The summed E-state index contributed by atoms with van der Waals surface area (Å²) in [6.07, 6.45) is 10.4. The van der Waals surface area contributed by atoms with E-state index in [2.05, 4.69) is 5.32 Å². The zero-order valence-corrected chi connectivity index (χ0v) is 20.7. The third-order valence-electron chi connectivity index (χ3n) is 7.34. The summed E-state index contributed by atoms with van der Waals surface area (Å²) >= 11 is 0. The van der Waals surface area contributed by atoms with E-state index < -0.39 is 23.5 Å². The maximum atomic E-state index is 13.7. The second kappa shape index (κ2) is 9.79. The number of furan rings is 2. The van der Waals surface area contributed by atoms with Crippen molar-refractivity contribution < 1.29 is 23.2 Å². The van der Waals surface area contributed by atoms with Gasteiger partial charge in [-0.15, -0.1) is 0 Å². The zero-order chi connectivity index (χ0) is 25.3. The number of nitrogens with zero attached hydrogens (tertiary/aromatic N) is 3. The molecule has 2 atom stereocenters. The van der Waals surface area contributed by atoms with Gasteiger partial charge < -0.3 is 14.2 Å². The summed E-state index contributed by atoms with van der Waals surface area (Å²) in [6.45, 7) is 3.60. The van der Waals surface area contributed by atoms with Crippen LogP contribution in [0.4, 0.5) is 4.79 Å². The van der Waals surface area contributed by atoms with Crippen molar-refractivity contribution in [3.05, 3.63) is 53.9 Å². The molecular weight excluding hydrogens is 460 g/mol. The molecule has 9 heteroatoms. The molecule has 4 heterocycles. The fraction of sp³-hybridized carbons (Fsp3) is 0.481. The number of carbonyl (C=O) groups excluding carboxylic acids is 3. The highest BCUT2D eigenvalue weighted by Gasteiger charge is 2.52. The van der Waals surface area contributed by atoms with Gasteiger partial charge in [-0.2, -0.15) is 5.10 Å². The molecule has 1 aliphatic carbocycles. The summed E-state index contributed by atoms with van der Waals surface area (Å²) in [5, 5.41) is 9.07. The minimum Gasteiger partial charge on any atom is -0.467 e. The van der Waals surface area contributed by atoms with E-state index in [1.165, 1.54) is 5.01 Å². The number of amides is 4. The lowest BCUT2D eigenvalue weighted by Crippen LogP contribution is -2.47. The first-order valence-electron chi connectivity index (χ1n) is 12.8. The number of carbonyl (C=O) groups is 3. The molecule has 1 saturated carbocycles. The van der Waals surface area contributed by atoms with E-state index in [0.717, 1.165) is 54.0 Å². The van der Waals surface area contributed by atoms with Crippen LogP contribution in [-0.2, 0) is 9.59 Å². The van der Waals surface area contributed by atoms with Gasteiger partial charge in [-0.3, -0.25) is 14.5 Å². The fourth-order valence-electron chi connectivity index (χ4n) is 5.84. The molecule has 9 nitrogen and oxygen atoms in total. The standard InChI is InChI=1S/C27H32N4O5/c1-3-12-27(13-4-2)25(33)30(26(34)28-27)17-22(32)31-24(21-11-7-15-36-21)20-10-5-8-18(23(20)29-31)16-19-9-6-14-35-19/h6-7,9,11,14-16,20,24H,3-5,8,10,12-13,17H2,1-2H3,(H,28,34)/b18-16-. The van der Waals surface area contributed by atoms with Crippen molar-refractivity contribution in [1.82, 2.24) is 15.2 Å². The molecule has 36 heavy (non-hydrogen) atoms. The van der Waals surface area contributed by atoms with E-state index in [1.54, 1.807) is 18.6 Å². The molecule has 2 aliphatic heterocycles. The van der Waals surface area contributed by atoms with Crippen LogP contribution in [0.1, 0.15) is 76.4 Å². The number of fused-ring (bicyclic) bond motifs is 1. The van der Waals surface area contributed by atoms with Crippen LogP contribution in [0.15, 0.2) is 56.3 Å². The van der Waals surface area contributed by atoms with Crippen molar-refractivity contribution in [3.8, 4) is 0 Å². The lowest BCUT2D eigenvalue weighted by molar-refractivity contribution is -0.140. The number of hydrogen-bond donors (Lipinski definition) is 1. The monoisotopic (exact) mass is 492 g/mol. The molecule has 0 bridgehead atoms. The Morgan fingerprint density at radius 3 is 2.58 bits per heavy atom. The number of rotatable bonds is 8. The van der Waals surface area contributed by atoms with E-state index in [4.69, 9.17) is 13.9 Å². The first kappa shape index (κ1) is 24.1. The van der Waals surface area contributed by atoms with Crippen LogP contribution in [-0.4, -0.2) is 45.5 Å². The molecule has 2 fully saturated rings. The van der Waals surface area contributed by atoms with Gasteiger partial charge in [0.2, 0.25) is 0 Å². The molecule has 1 saturated heterocycles. The van der Waals surface area contributed by atoms with Gasteiger partial charge in [-0.05, 0) is 68.0 Å². The van der Waals surface area contributed by atoms with E-state index in [9.17, 15) is 14.4 Å². The molecular formula is C27H32N4O5. The number of imide groups is 1. The predicted molar refractivity (Wildman–Crippen MR) is 133 cm³/mol. The second-order valence-corrected chi connectivity index (χ2v) is 9.77. The summed E-state index contributed by atoms with van der Waals surface area (Å²) in [7, 11) is 0. The molecule has 0 spiro atoms. The van der Waals surface area contributed by atoms with Crippen LogP contribution in [0.3, 0.4) is 0 Å². The van der Waals surface area contributed by atoms with Crippen molar-refractivity contribution in [2.75, 3.05) is 6.54 Å². The fourth-order valence-corrected chi connectivity index (χ4v) is 5.84. The molecule has 1 N–H and O–H groups in total. The van der Waals surface area contributed by atoms with Crippen molar-refractivity contribution in [2.24, 2.45) is 11.0 Å². The highest BCUT2D eigenvalue weighted by molar-refractivity contribution is 6.10. The van der Waals surface area contributed by atoms with Crippen LogP contribution in [0.5, 0.6) is 0 Å².